The Morgan fingerprint density at radius 2 is 2.25 bits per heavy atom. The number of carbonyl (C=O) groups excluding carboxylic acids is 1. The number of hydrogen-bond acceptors (Lipinski definition) is 4. The van der Waals surface area contributed by atoms with E-state index in [0.717, 1.165) is 24.2 Å². The Kier molecular flexibility index (Phi) is 2.71. The van der Waals surface area contributed by atoms with Crippen molar-refractivity contribution in [2.45, 2.75) is 43.4 Å². The zero-order valence-corrected chi connectivity index (χ0v) is 13.9. The summed E-state index contributed by atoms with van der Waals surface area (Å²) in [6.07, 6.45) is 4.41. The van der Waals surface area contributed by atoms with Crippen molar-refractivity contribution >= 4 is 6.09 Å². The van der Waals surface area contributed by atoms with Crippen LogP contribution in [0, 0.1) is 12.8 Å². The van der Waals surface area contributed by atoms with Crippen molar-refractivity contribution in [2.75, 3.05) is 13.7 Å². The number of carbonyl (C=O) groups is 1. The fourth-order valence-electron chi connectivity index (χ4n) is 5.55. The summed E-state index contributed by atoms with van der Waals surface area (Å²) in [5.41, 5.74) is 3.42. The van der Waals surface area contributed by atoms with Crippen molar-refractivity contribution in [1.29, 1.82) is 0 Å². The molecule has 1 saturated heterocycles. The summed E-state index contributed by atoms with van der Waals surface area (Å²) < 4.78 is 11.3. The number of amides is 1. The Balaban J connectivity index is 1.75. The van der Waals surface area contributed by atoms with E-state index in [1.54, 1.807) is 0 Å². The lowest BCUT2D eigenvalue weighted by molar-refractivity contribution is -0.0470. The van der Waals surface area contributed by atoms with Gasteiger partial charge >= 0.3 is 6.09 Å². The normalized spacial score (nSPS) is 37.7. The highest BCUT2D eigenvalue weighted by molar-refractivity contribution is 5.70. The molecule has 1 spiro atoms. The van der Waals surface area contributed by atoms with Crippen LogP contribution >= 0.6 is 0 Å². The summed E-state index contributed by atoms with van der Waals surface area (Å²) in [7, 11) is 1.44. The van der Waals surface area contributed by atoms with E-state index >= 15 is 0 Å². The summed E-state index contributed by atoms with van der Waals surface area (Å²) >= 11 is 0. The number of hydrogen-bond donors (Lipinski definition) is 1. The molecular formula is C19H21NO4. The minimum absolute atomic E-state index is 0.0576. The van der Waals surface area contributed by atoms with E-state index in [9.17, 15) is 9.90 Å². The summed E-state index contributed by atoms with van der Waals surface area (Å²) in [6, 6.07) is 4.30. The first-order valence-corrected chi connectivity index (χ1v) is 8.58. The first-order valence-electron chi connectivity index (χ1n) is 8.58. The monoisotopic (exact) mass is 327 g/mol. The quantitative estimate of drug-likeness (QED) is 0.740. The highest BCUT2D eigenvalue weighted by atomic mass is 16.5. The van der Waals surface area contributed by atoms with Crippen molar-refractivity contribution in [3.63, 3.8) is 0 Å². The molecule has 0 radical (unpaired) electrons. The molecule has 2 heterocycles. The Morgan fingerprint density at radius 1 is 1.42 bits per heavy atom. The van der Waals surface area contributed by atoms with Crippen molar-refractivity contribution in [2.24, 2.45) is 5.92 Å². The van der Waals surface area contributed by atoms with Crippen LogP contribution in [0.25, 0.3) is 0 Å². The predicted molar refractivity (Wildman–Crippen MR) is 87.1 cm³/mol. The zero-order chi connectivity index (χ0) is 16.6. The second kappa shape index (κ2) is 4.54. The standard InChI is InChI=1S/C19H21NO4/c1-10-3-4-11-9-13-12-5-6-14(21)17-19(12,15(11)16(10)24-17)7-8-20(13)18(22)23-2/h3-6,12-14,17,21H,7-9H2,1-2H3/t12-,13?,14-,17-,19-/m0/s1. The largest absolute Gasteiger partial charge is 0.486 e. The van der Waals surface area contributed by atoms with Gasteiger partial charge in [-0.1, -0.05) is 24.3 Å². The lowest BCUT2D eigenvalue weighted by Gasteiger charge is -2.56. The van der Waals surface area contributed by atoms with Crippen molar-refractivity contribution in [1.82, 2.24) is 4.90 Å². The third-order valence-electron chi connectivity index (χ3n) is 6.50. The van der Waals surface area contributed by atoms with Gasteiger partial charge < -0.3 is 19.5 Å². The van der Waals surface area contributed by atoms with Crippen molar-refractivity contribution in [3.05, 3.63) is 41.0 Å². The number of likely N-dealkylation sites (tertiary alicyclic amines) is 1. The van der Waals surface area contributed by atoms with E-state index in [-0.39, 0.29) is 29.6 Å². The van der Waals surface area contributed by atoms with Gasteiger partial charge in [0.25, 0.3) is 0 Å². The van der Waals surface area contributed by atoms with Crippen LogP contribution in [-0.4, -0.2) is 48.0 Å². The van der Waals surface area contributed by atoms with E-state index in [0.29, 0.717) is 6.54 Å². The van der Waals surface area contributed by atoms with Crippen LogP contribution in [0.15, 0.2) is 24.3 Å². The minimum Gasteiger partial charge on any atom is -0.486 e. The number of aliphatic hydroxyl groups excluding tert-OH is 1. The molecular weight excluding hydrogens is 306 g/mol. The molecule has 1 amide bonds. The van der Waals surface area contributed by atoms with Crippen LogP contribution in [0.4, 0.5) is 4.79 Å². The third kappa shape index (κ3) is 1.47. The Hall–Kier alpha value is -2.01. The molecule has 0 saturated carbocycles. The van der Waals surface area contributed by atoms with Gasteiger partial charge in [0.05, 0.1) is 7.11 Å². The molecule has 2 aliphatic heterocycles. The molecule has 5 atom stereocenters. The maximum absolute atomic E-state index is 12.3. The molecule has 1 aromatic rings. The van der Waals surface area contributed by atoms with Crippen LogP contribution in [0.3, 0.4) is 0 Å². The summed E-state index contributed by atoms with van der Waals surface area (Å²) in [4.78, 5) is 14.1. The van der Waals surface area contributed by atoms with E-state index in [1.807, 2.05) is 11.0 Å². The third-order valence-corrected chi connectivity index (χ3v) is 6.50. The molecule has 126 valence electrons. The summed E-state index contributed by atoms with van der Waals surface area (Å²) in [6.45, 7) is 2.70. The molecule has 5 nitrogen and oxygen atoms in total. The molecule has 4 aliphatic rings. The van der Waals surface area contributed by atoms with Crippen molar-refractivity contribution < 1.29 is 19.4 Å². The number of piperidine rings is 1. The second-order valence-electron chi connectivity index (χ2n) is 7.41. The van der Waals surface area contributed by atoms with Gasteiger partial charge in [0.2, 0.25) is 0 Å². The van der Waals surface area contributed by atoms with E-state index < -0.39 is 6.10 Å². The Labute approximate surface area is 140 Å². The number of aliphatic hydroxyl groups is 1. The van der Waals surface area contributed by atoms with Gasteiger partial charge in [0.1, 0.15) is 18.0 Å². The van der Waals surface area contributed by atoms with Crippen LogP contribution in [0.1, 0.15) is 23.1 Å². The highest BCUT2D eigenvalue weighted by Gasteiger charge is 2.64. The fraction of sp³-hybridized carbons (Fsp3) is 0.526. The molecule has 5 heteroatoms. The number of ether oxygens (including phenoxy) is 2. The SMILES string of the molecule is COC(=O)N1CC[C@]23c4c5ccc(C)c4O[C@H]2[C@@H](O)C=C[C@H]3C1C5. The molecule has 1 fully saturated rings. The number of benzene rings is 1. The summed E-state index contributed by atoms with van der Waals surface area (Å²) in [5.74, 6) is 1.12. The Morgan fingerprint density at radius 3 is 3.04 bits per heavy atom. The van der Waals surface area contributed by atoms with Gasteiger partial charge in [-0.3, -0.25) is 0 Å². The molecule has 1 N–H and O–H groups in total. The van der Waals surface area contributed by atoms with E-state index in [2.05, 4.69) is 25.1 Å². The number of aryl methyl sites for hydroxylation is 1. The van der Waals surface area contributed by atoms with Crippen LogP contribution < -0.4 is 4.74 Å². The average Bonchev–Trinajstić information content (AvgIpc) is 2.93. The van der Waals surface area contributed by atoms with E-state index in [1.165, 1.54) is 18.2 Å². The maximum atomic E-state index is 12.3. The van der Waals surface area contributed by atoms with Gasteiger partial charge in [0.15, 0.2) is 0 Å². The maximum Gasteiger partial charge on any atom is 0.409 e. The fourth-order valence-corrected chi connectivity index (χ4v) is 5.55. The highest BCUT2D eigenvalue weighted by Crippen LogP contribution is 2.61. The van der Waals surface area contributed by atoms with Gasteiger partial charge in [0, 0.05) is 29.5 Å². The number of methoxy groups -OCH3 is 1. The van der Waals surface area contributed by atoms with Gasteiger partial charge in [-0.25, -0.2) is 4.79 Å². The number of nitrogens with zero attached hydrogens (tertiary/aromatic N) is 1. The Bertz CT molecular complexity index is 773. The topological polar surface area (TPSA) is 59.0 Å². The van der Waals surface area contributed by atoms with Crippen molar-refractivity contribution in [3.8, 4) is 5.75 Å². The molecule has 2 aliphatic carbocycles. The van der Waals surface area contributed by atoms with Gasteiger partial charge in [-0.05, 0) is 30.9 Å². The van der Waals surface area contributed by atoms with Crippen LogP contribution in [-0.2, 0) is 16.6 Å². The van der Waals surface area contributed by atoms with Gasteiger partial charge in [-0.2, -0.15) is 0 Å². The smallest absolute Gasteiger partial charge is 0.409 e. The zero-order valence-electron chi connectivity index (χ0n) is 13.9. The molecule has 0 aromatic heterocycles. The lowest BCUT2D eigenvalue weighted by atomic mass is 9.53. The van der Waals surface area contributed by atoms with Crippen LogP contribution in [0.5, 0.6) is 5.75 Å². The first-order chi connectivity index (χ1) is 11.6. The summed E-state index contributed by atoms with van der Waals surface area (Å²) in [5, 5.41) is 10.6. The van der Waals surface area contributed by atoms with Crippen LogP contribution in [0.2, 0.25) is 0 Å². The second-order valence-corrected chi connectivity index (χ2v) is 7.41. The lowest BCUT2D eigenvalue weighted by Crippen LogP contribution is -2.66. The molecule has 24 heavy (non-hydrogen) atoms. The predicted octanol–water partition coefficient (Wildman–Crippen LogP) is 1.94. The van der Waals surface area contributed by atoms with E-state index in [4.69, 9.17) is 9.47 Å². The number of rotatable bonds is 0. The minimum atomic E-state index is -0.607. The molecule has 2 bridgehead atoms. The van der Waals surface area contributed by atoms with Gasteiger partial charge in [-0.15, -0.1) is 0 Å². The average molecular weight is 327 g/mol. The molecule has 1 unspecified atom stereocenters. The molecule has 1 aromatic carbocycles. The first kappa shape index (κ1) is 14.3. The molecule has 5 rings (SSSR count).